The first kappa shape index (κ1) is 16.6. The summed E-state index contributed by atoms with van der Waals surface area (Å²) in [6.45, 7) is 1.13. The first-order chi connectivity index (χ1) is 10.6. The van der Waals surface area contributed by atoms with Crippen molar-refractivity contribution in [1.82, 2.24) is 5.32 Å². The average molecular weight is 306 g/mol. The summed E-state index contributed by atoms with van der Waals surface area (Å²) in [5.74, 6) is 1.52. The maximum Gasteiger partial charge on any atom is 0.240 e. The van der Waals surface area contributed by atoms with Gasteiger partial charge in [0.15, 0.2) is 0 Å². The third-order valence-electron chi connectivity index (χ3n) is 4.11. The monoisotopic (exact) mass is 306 g/mol. The molecule has 22 heavy (non-hydrogen) atoms. The number of carbonyl (C=O) groups is 1. The van der Waals surface area contributed by atoms with Gasteiger partial charge in [0.1, 0.15) is 11.5 Å². The van der Waals surface area contributed by atoms with Crippen molar-refractivity contribution >= 4 is 5.91 Å². The number of nitrogens with two attached hydrogens (primary N) is 1. The number of ether oxygens (including phenoxy) is 2. The normalized spacial score (nSPS) is 16.8. The van der Waals surface area contributed by atoms with Gasteiger partial charge < -0.3 is 20.5 Å². The van der Waals surface area contributed by atoms with Crippen molar-refractivity contribution in [2.75, 3.05) is 20.3 Å². The van der Waals surface area contributed by atoms with Gasteiger partial charge in [-0.1, -0.05) is 25.3 Å². The van der Waals surface area contributed by atoms with E-state index in [1.807, 2.05) is 24.3 Å². The molecule has 0 spiro atoms. The Hall–Kier alpha value is -1.75. The number of rotatable bonds is 7. The van der Waals surface area contributed by atoms with Crippen molar-refractivity contribution in [3.05, 3.63) is 24.3 Å². The van der Waals surface area contributed by atoms with Gasteiger partial charge in [-0.05, 0) is 31.4 Å². The van der Waals surface area contributed by atoms with Crippen LogP contribution >= 0.6 is 0 Å². The van der Waals surface area contributed by atoms with Crippen molar-refractivity contribution in [1.29, 1.82) is 0 Å². The van der Waals surface area contributed by atoms with Gasteiger partial charge in [-0.15, -0.1) is 0 Å². The van der Waals surface area contributed by atoms with Gasteiger partial charge in [-0.2, -0.15) is 0 Å². The van der Waals surface area contributed by atoms with Crippen LogP contribution in [0.15, 0.2) is 24.3 Å². The highest BCUT2D eigenvalue weighted by molar-refractivity contribution is 5.86. The molecule has 1 aliphatic rings. The van der Waals surface area contributed by atoms with Crippen LogP contribution < -0.4 is 20.5 Å². The van der Waals surface area contributed by atoms with Crippen LogP contribution in [0.25, 0.3) is 0 Å². The molecule has 1 aromatic rings. The van der Waals surface area contributed by atoms with Crippen molar-refractivity contribution in [2.45, 2.75) is 44.1 Å². The zero-order chi connectivity index (χ0) is 15.8. The highest BCUT2D eigenvalue weighted by atomic mass is 16.5. The summed E-state index contributed by atoms with van der Waals surface area (Å²) >= 11 is 0. The molecule has 0 unspecified atom stereocenters. The molecular weight excluding hydrogens is 280 g/mol. The predicted octanol–water partition coefficient (Wildman–Crippen LogP) is 2.24. The molecule has 0 radical (unpaired) electrons. The number of benzene rings is 1. The van der Waals surface area contributed by atoms with Gasteiger partial charge in [0, 0.05) is 12.6 Å². The fourth-order valence-electron chi connectivity index (χ4n) is 2.74. The largest absolute Gasteiger partial charge is 0.497 e. The van der Waals surface area contributed by atoms with E-state index in [-0.39, 0.29) is 5.91 Å². The van der Waals surface area contributed by atoms with E-state index in [9.17, 15) is 4.79 Å². The minimum absolute atomic E-state index is 0.0198. The van der Waals surface area contributed by atoms with Crippen molar-refractivity contribution in [3.8, 4) is 11.5 Å². The Morgan fingerprint density at radius 2 is 2.00 bits per heavy atom. The first-order valence-corrected chi connectivity index (χ1v) is 7.98. The summed E-state index contributed by atoms with van der Waals surface area (Å²) in [4.78, 5) is 12.1. The predicted molar refractivity (Wildman–Crippen MR) is 86.1 cm³/mol. The van der Waals surface area contributed by atoms with Crippen LogP contribution in [0.1, 0.15) is 38.5 Å². The second-order valence-electron chi connectivity index (χ2n) is 5.85. The van der Waals surface area contributed by atoms with Gasteiger partial charge in [0.25, 0.3) is 0 Å². The summed E-state index contributed by atoms with van der Waals surface area (Å²) in [5, 5.41) is 2.93. The maximum atomic E-state index is 12.1. The van der Waals surface area contributed by atoms with Crippen LogP contribution in [0, 0.1) is 0 Å². The third kappa shape index (κ3) is 4.63. The first-order valence-electron chi connectivity index (χ1n) is 7.98. The van der Waals surface area contributed by atoms with Crippen LogP contribution in [0.3, 0.4) is 0 Å². The molecule has 1 aromatic carbocycles. The quantitative estimate of drug-likeness (QED) is 0.758. The average Bonchev–Trinajstić information content (AvgIpc) is 2.55. The molecule has 1 amide bonds. The third-order valence-corrected chi connectivity index (χ3v) is 4.11. The number of nitrogens with one attached hydrogen (secondary N) is 1. The molecule has 1 saturated carbocycles. The van der Waals surface area contributed by atoms with E-state index in [0.29, 0.717) is 13.2 Å². The van der Waals surface area contributed by atoms with Crippen LogP contribution in [0.2, 0.25) is 0 Å². The molecular formula is C17H26N2O3. The fourth-order valence-corrected chi connectivity index (χ4v) is 2.74. The van der Waals surface area contributed by atoms with E-state index >= 15 is 0 Å². The van der Waals surface area contributed by atoms with Gasteiger partial charge in [-0.25, -0.2) is 0 Å². The summed E-state index contributed by atoms with van der Waals surface area (Å²) in [6, 6.07) is 7.49. The van der Waals surface area contributed by atoms with E-state index in [1.54, 1.807) is 7.11 Å². The maximum absolute atomic E-state index is 12.1. The lowest BCUT2D eigenvalue weighted by Crippen LogP contribution is -2.55. The molecule has 5 heteroatoms. The fraction of sp³-hybridized carbons (Fsp3) is 0.588. The van der Waals surface area contributed by atoms with Crippen LogP contribution in [-0.2, 0) is 4.79 Å². The van der Waals surface area contributed by atoms with Crippen LogP contribution in [-0.4, -0.2) is 31.7 Å². The zero-order valence-electron chi connectivity index (χ0n) is 13.3. The lowest BCUT2D eigenvalue weighted by molar-refractivity contribution is -0.127. The molecule has 1 aliphatic carbocycles. The summed E-state index contributed by atoms with van der Waals surface area (Å²) in [5.41, 5.74) is 5.52. The van der Waals surface area contributed by atoms with Gasteiger partial charge in [-0.3, -0.25) is 4.79 Å². The van der Waals surface area contributed by atoms with Crippen molar-refractivity contribution in [3.63, 3.8) is 0 Å². The van der Waals surface area contributed by atoms with E-state index in [4.69, 9.17) is 15.2 Å². The Morgan fingerprint density at radius 3 is 2.73 bits per heavy atom. The van der Waals surface area contributed by atoms with Gasteiger partial charge >= 0.3 is 0 Å². The Kier molecular flexibility index (Phi) is 6.07. The Bertz CT molecular complexity index is 485. The molecule has 1 fully saturated rings. The minimum atomic E-state index is -0.661. The molecule has 3 N–H and O–H groups in total. The highest BCUT2D eigenvalue weighted by Crippen LogP contribution is 2.25. The molecule has 122 valence electrons. The molecule has 0 heterocycles. The molecule has 0 saturated heterocycles. The van der Waals surface area contributed by atoms with Crippen LogP contribution in [0.4, 0.5) is 0 Å². The molecule has 0 aromatic heterocycles. The second-order valence-corrected chi connectivity index (χ2v) is 5.85. The van der Waals surface area contributed by atoms with E-state index in [1.165, 1.54) is 6.42 Å². The minimum Gasteiger partial charge on any atom is -0.497 e. The molecule has 5 nitrogen and oxygen atoms in total. The number of methoxy groups -OCH3 is 1. The molecule has 0 atom stereocenters. The Balaban J connectivity index is 1.65. The topological polar surface area (TPSA) is 73.6 Å². The van der Waals surface area contributed by atoms with Crippen molar-refractivity contribution in [2.24, 2.45) is 5.73 Å². The lowest BCUT2D eigenvalue weighted by Gasteiger charge is -2.31. The number of hydrogen-bond donors (Lipinski definition) is 2. The standard InChI is InChI=1S/C17H26N2O3/c1-21-14-7-5-8-15(13-14)22-12-6-11-19-16(20)17(18)9-3-2-4-10-17/h5,7-8,13H,2-4,6,9-12,18H2,1H3,(H,19,20). The SMILES string of the molecule is COc1cccc(OCCCNC(=O)C2(N)CCCCC2)c1. The number of hydrogen-bond acceptors (Lipinski definition) is 4. The molecule has 2 rings (SSSR count). The Morgan fingerprint density at radius 1 is 1.27 bits per heavy atom. The van der Waals surface area contributed by atoms with Crippen molar-refractivity contribution < 1.29 is 14.3 Å². The zero-order valence-corrected chi connectivity index (χ0v) is 13.3. The second kappa shape index (κ2) is 8.03. The van der Waals surface area contributed by atoms with E-state index in [2.05, 4.69) is 5.32 Å². The smallest absolute Gasteiger partial charge is 0.240 e. The highest BCUT2D eigenvalue weighted by Gasteiger charge is 2.34. The molecule has 0 bridgehead atoms. The Labute approximate surface area is 132 Å². The number of amides is 1. The van der Waals surface area contributed by atoms with E-state index < -0.39 is 5.54 Å². The van der Waals surface area contributed by atoms with Gasteiger partial charge in [0.2, 0.25) is 5.91 Å². The molecule has 0 aliphatic heterocycles. The van der Waals surface area contributed by atoms with Gasteiger partial charge in [0.05, 0.1) is 19.3 Å². The summed E-state index contributed by atoms with van der Waals surface area (Å²) in [7, 11) is 1.63. The summed E-state index contributed by atoms with van der Waals surface area (Å²) in [6.07, 6.45) is 5.60. The summed E-state index contributed by atoms with van der Waals surface area (Å²) < 4.78 is 10.8. The number of carbonyl (C=O) groups excluding carboxylic acids is 1. The van der Waals surface area contributed by atoms with Crippen LogP contribution in [0.5, 0.6) is 11.5 Å². The van der Waals surface area contributed by atoms with E-state index in [0.717, 1.165) is 43.6 Å². The lowest BCUT2D eigenvalue weighted by atomic mass is 9.82.